The van der Waals surface area contributed by atoms with Crippen LogP contribution < -0.4 is 37.6 Å². The summed E-state index contributed by atoms with van der Waals surface area (Å²) in [5.41, 5.74) is 6.77. The third-order valence-electron chi connectivity index (χ3n) is 16.7. The highest BCUT2D eigenvalue weighted by atomic mass is 16.6. The fraction of sp³-hybridized carbons (Fsp3) is 0.657. The van der Waals surface area contributed by atoms with Gasteiger partial charge < -0.3 is 81.0 Å². The van der Waals surface area contributed by atoms with Crippen molar-refractivity contribution in [3.05, 3.63) is 65.7 Å². The standard InChI is InChI=1S/C67H106N10O16/c1-16-33-90-34-35-91-36-37-92-40-53(78)73-55(41(3)4)63(83)72-50(25-21-31-69-66(68)86)62(82)71-49-29-27-47(28-30-49)39-93-67(87)76(13)57(43(7)8)64(84)74-56(42(5)6)65(85)75(12)58(44(9)17-2)52(88-14)38-54(79)77-32-22-26-51(77)60(89-15)45(10)61(81)70-46(11)59(80)48-23-19-18-20-24-48/h1,18-20,23-24,27-30,41-46,50-52,55-60,80H,17,21-22,25-26,31-40H2,2-15H3,(H,70,81)(H,71,82)(H,72,83)(H,73,78)(H,74,84)(H3,68,69,86)/t44?,45-,46-,50?,51?,52-,55+,56+,57+,58+,59-,60-/m1/s1. The molecule has 2 aromatic rings. The number of urea groups is 1. The Kier molecular flexibility index (Phi) is 35.5. The van der Waals surface area contributed by atoms with E-state index in [9.17, 15) is 48.3 Å². The summed E-state index contributed by atoms with van der Waals surface area (Å²) >= 11 is 0. The lowest BCUT2D eigenvalue weighted by Crippen LogP contribution is -2.60. The van der Waals surface area contributed by atoms with E-state index in [0.29, 0.717) is 55.8 Å². The van der Waals surface area contributed by atoms with Gasteiger partial charge in [0.1, 0.15) is 44.0 Å². The topological polar surface area (TPSA) is 337 Å². The van der Waals surface area contributed by atoms with E-state index < -0.39 is 126 Å². The SMILES string of the molecule is C#CCOCCOCCOCC(=O)N[C@H](C(=O)NC(CCCNC(N)=O)C(=O)Nc1ccc(COC(=O)N(C)[C@H](C(=O)N[C@H](C(=O)N(C)[C@@H](C(C)CC)[C@@H](CC(=O)N2CCCC2[C@H](OC)[C@@H](C)C(=O)N[C@H](C)[C@@H](O)c2ccccc2)OC)C(C)C)C(C)C)cc1)C(C)C. The normalized spacial score (nSPS) is 16.6. The van der Waals surface area contributed by atoms with Gasteiger partial charge in [-0.25, -0.2) is 9.59 Å². The zero-order valence-electron chi connectivity index (χ0n) is 57.0. The maximum Gasteiger partial charge on any atom is 0.410 e. The third kappa shape index (κ3) is 25.8. The van der Waals surface area contributed by atoms with Crippen LogP contribution in [-0.4, -0.2) is 209 Å². The zero-order chi connectivity index (χ0) is 69.5. The number of hydrogen-bond acceptors (Lipinski definition) is 16. The molecule has 26 heteroatoms. The number of ether oxygens (including phenoxy) is 6. The van der Waals surface area contributed by atoms with E-state index in [4.69, 9.17) is 40.6 Å². The number of nitrogens with two attached hydrogens (primary N) is 1. The number of aliphatic hydroxyl groups excluding tert-OH is 1. The van der Waals surface area contributed by atoms with Gasteiger partial charge in [-0.15, -0.1) is 6.42 Å². The van der Waals surface area contributed by atoms with E-state index in [-0.39, 0.29) is 76.6 Å². The number of likely N-dealkylation sites (N-methyl/N-ethyl adjacent to an activating group) is 2. The van der Waals surface area contributed by atoms with Crippen LogP contribution in [0.5, 0.6) is 0 Å². The Hall–Kier alpha value is -7.41. The van der Waals surface area contributed by atoms with Gasteiger partial charge in [0.15, 0.2) is 0 Å². The molecule has 0 aliphatic carbocycles. The summed E-state index contributed by atoms with van der Waals surface area (Å²) in [5, 5.41) is 27.5. The quantitative estimate of drug-likeness (QED) is 0.0340. The zero-order valence-corrected chi connectivity index (χ0v) is 57.0. The number of primary amides is 1. The average Bonchev–Trinajstić information content (AvgIpc) is 1.82. The van der Waals surface area contributed by atoms with E-state index in [0.717, 1.165) is 0 Å². The molecular formula is C67H106N10O16. The third-order valence-corrected chi connectivity index (χ3v) is 16.7. The number of likely N-dealkylation sites (tertiary alicyclic amines) is 1. The molecule has 0 saturated carbocycles. The number of rotatable bonds is 41. The first-order chi connectivity index (χ1) is 44.1. The van der Waals surface area contributed by atoms with E-state index >= 15 is 0 Å². The van der Waals surface area contributed by atoms with Crippen LogP contribution in [0.3, 0.4) is 0 Å². The number of nitrogens with zero attached hydrogens (tertiary/aromatic N) is 3. The molecule has 2 aromatic carbocycles. The lowest BCUT2D eigenvalue weighted by Gasteiger charge is -2.41. The Bertz CT molecular complexity index is 2710. The van der Waals surface area contributed by atoms with Crippen LogP contribution in [0.25, 0.3) is 0 Å². The predicted octanol–water partition coefficient (Wildman–Crippen LogP) is 4.27. The Balaban J connectivity index is 1.68. The number of nitrogens with one attached hydrogen (secondary N) is 6. The number of terminal acetylenes is 1. The van der Waals surface area contributed by atoms with E-state index in [1.54, 1.807) is 109 Å². The smallest absolute Gasteiger partial charge is 0.410 e. The van der Waals surface area contributed by atoms with Gasteiger partial charge in [-0.3, -0.25) is 38.5 Å². The van der Waals surface area contributed by atoms with Crippen molar-refractivity contribution in [1.82, 2.24) is 41.3 Å². The molecule has 3 unspecified atom stereocenters. The second-order valence-electron chi connectivity index (χ2n) is 24.7. The van der Waals surface area contributed by atoms with Crippen molar-refractivity contribution < 1.29 is 76.7 Å². The highest BCUT2D eigenvalue weighted by molar-refractivity contribution is 5.98. The molecular weight excluding hydrogens is 1200 g/mol. The second kappa shape index (κ2) is 41.3. The molecule has 0 radical (unpaired) electrons. The number of carbonyl (C=O) groups excluding carboxylic acids is 9. The number of hydrogen-bond donors (Lipinski definition) is 8. The second-order valence-corrected chi connectivity index (χ2v) is 24.7. The molecule has 12 atom stereocenters. The summed E-state index contributed by atoms with van der Waals surface area (Å²) in [7, 11) is 6.08. The van der Waals surface area contributed by atoms with Gasteiger partial charge >= 0.3 is 12.1 Å². The molecule has 1 aliphatic heterocycles. The van der Waals surface area contributed by atoms with Gasteiger partial charge in [0, 0.05) is 47.1 Å². The van der Waals surface area contributed by atoms with Gasteiger partial charge in [-0.05, 0) is 79.5 Å². The molecule has 1 aliphatic rings. The number of anilines is 1. The van der Waals surface area contributed by atoms with Crippen LogP contribution in [0.1, 0.15) is 125 Å². The lowest BCUT2D eigenvalue weighted by atomic mass is 9.89. The van der Waals surface area contributed by atoms with Gasteiger partial charge in [0.25, 0.3) is 0 Å². The van der Waals surface area contributed by atoms with Crippen molar-refractivity contribution in [2.24, 2.45) is 35.3 Å². The van der Waals surface area contributed by atoms with Crippen LogP contribution in [-0.2, 0) is 68.6 Å². The Labute approximate surface area is 549 Å². The van der Waals surface area contributed by atoms with Crippen LogP contribution in [0.4, 0.5) is 15.3 Å². The van der Waals surface area contributed by atoms with Gasteiger partial charge in [-0.1, -0.05) is 117 Å². The van der Waals surface area contributed by atoms with Crippen molar-refractivity contribution in [3.8, 4) is 12.3 Å². The number of aliphatic hydroxyl groups is 1. The summed E-state index contributed by atoms with van der Waals surface area (Å²) < 4.78 is 33.6. The Morgan fingerprint density at radius 1 is 0.742 bits per heavy atom. The molecule has 0 aromatic heterocycles. The van der Waals surface area contributed by atoms with Crippen LogP contribution >= 0.6 is 0 Å². The summed E-state index contributed by atoms with van der Waals surface area (Å²) in [5.74, 6) is -3.11. The maximum atomic E-state index is 14.8. The fourth-order valence-electron chi connectivity index (χ4n) is 11.3. The van der Waals surface area contributed by atoms with Crippen molar-refractivity contribution >= 4 is 59.2 Å². The molecule has 0 spiro atoms. The van der Waals surface area contributed by atoms with E-state index in [2.05, 4.69) is 37.8 Å². The van der Waals surface area contributed by atoms with E-state index in [1.807, 2.05) is 32.0 Å². The summed E-state index contributed by atoms with van der Waals surface area (Å²) in [6.07, 6.45) is 4.09. The molecule has 520 valence electrons. The van der Waals surface area contributed by atoms with Crippen LogP contribution in [0.2, 0.25) is 0 Å². The minimum Gasteiger partial charge on any atom is -0.445 e. The molecule has 3 rings (SSSR count). The molecule has 1 heterocycles. The highest BCUT2D eigenvalue weighted by Gasteiger charge is 2.44. The molecule has 93 heavy (non-hydrogen) atoms. The number of carbonyl (C=O) groups is 9. The van der Waals surface area contributed by atoms with Gasteiger partial charge in [0.05, 0.1) is 75.2 Å². The molecule has 0 bridgehead atoms. The minimum atomic E-state index is -1.12. The summed E-state index contributed by atoms with van der Waals surface area (Å²) in [6.45, 7) is 19.1. The van der Waals surface area contributed by atoms with Crippen molar-refractivity contribution in [2.75, 3.05) is 86.4 Å². The largest absolute Gasteiger partial charge is 0.445 e. The predicted molar refractivity (Wildman–Crippen MR) is 350 cm³/mol. The monoisotopic (exact) mass is 1310 g/mol. The average molecular weight is 1310 g/mol. The molecule has 26 nitrogen and oxygen atoms in total. The number of methoxy groups -OCH3 is 2. The molecule has 10 amide bonds. The molecule has 9 N–H and O–H groups in total. The minimum absolute atomic E-state index is 0.0834. The first-order valence-corrected chi connectivity index (χ1v) is 32.2. The molecule has 1 saturated heterocycles. The van der Waals surface area contributed by atoms with Crippen molar-refractivity contribution in [3.63, 3.8) is 0 Å². The van der Waals surface area contributed by atoms with E-state index in [1.165, 1.54) is 26.2 Å². The van der Waals surface area contributed by atoms with Crippen molar-refractivity contribution in [1.29, 1.82) is 0 Å². The lowest BCUT2D eigenvalue weighted by molar-refractivity contribution is -0.148. The molecule has 1 fully saturated rings. The summed E-state index contributed by atoms with van der Waals surface area (Å²) in [6, 6.07) is 8.73. The van der Waals surface area contributed by atoms with Gasteiger partial charge in [0.2, 0.25) is 41.4 Å². The highest BCUT2D eigenvalue weighted by Crippen LogP contribution is 2.30. The maximum absolute atomic E-state index is 14.8. The van der Waals surface area contributed by atoms with Crippen LogP contribution in [0, 0.1) is 41.9 Å². The Morgan fingerprint density at radius 2 is 1.38 bits per heavy atom. The fourth-order valence-corrected chi connectivity index (χ4v) is 11.3. The number of benzene rings is 2. The van der Waals surface area contributed by atoms with Crippen molar-refractivity contribution in [2.45, 2.75) is 175 Å². The summed E-state index contributed by atoms with van der Waals surface area (Å²) in [4.78, 5) is 127. The first-order valence-electron chi connectivity index (χ1n) is 32.2. The first kappa shape index (κ1) is 79.8. The Morgan fingerprint density at radius 3 is 1.96 bits per heavy atom. The number of amides is 10. The van der Waals surface area contributed by atoms with Gasteiger partial charge in [-0.2, -0.15) is 0 Å². The van der Waals surface area contributed by atoms with Crippen LogP contribution in [0.15, 0.2) is 54.6 Å².